The van der Waals surface area contributed by atoms with Crippen LogP contribution in [-0.4, -0.2) is 35.3 Å². The molecule has 1 aliphatic rings. The number of nitrogens with zero attached hydrogens (tertiary/aromatic N) is 1. The van der Waals surface area contributed by atoms with Gasteiger partial charge in [-0.25, -0.2) is 0 Å². The van der Waals surface area contributed by atoms with Gasteiger partial charge in [-0.2, -0.15) is 0 Å². The number of carbonyl (C=O) groups is 1. The van der Waals surface area contributed by atoms with Crippen molar-refractivity contribution in [2.45, 2.75) is 38.1 Å². The number of rotatable bonds is 6. The second-order valence-electron chi connectivity index (χ2n) is 5.26. The van der Waals surface area contributed by atoms with Crippen molar-refractivity contribution in [3.63, 3.8) is 0 Å². The van der Waals surface area contributed by atoms with Crippen LogP contribution in [0.15, 0.2) is 24.5 Å². The number of aromatic nitrogens is 1. The molecule has 0 radical (unpaired) electrons. The Morgan fingerprint density at radius 2 is 2.35 bits per heavy atom. The zero-order valence-electron chi connectivity index (χ0n) is 11.6. The number of ether oxygens (including phenoxy) is 1. The highest BCUT2D eigenvalue weighted by molar-refractivity contribution is 5.73. The van der Waals surface area contributed by atoms with Gasteiger partial charge in [-0.05, 0) is 56.7 Å². The molecule has 2 rings (SSSR count). The molecule has 0 bridgehead atoms. The lowest BCUT2D eigenvalue weighted by Gasteiger charge is -2.13. The van der Waals surface area contributed by atoms with Gasteiger partial charge in [0.05, 0.1) is 12.8 Å². The molecule has 0 amide bonds. The molecule has 1 aromatic rings. The van der Waals surface area contributed by atoms with Crippen LogP contribution in [0, 0.1) is 5.92 Å². The minimum Gasteiger partial charge on any atom is -0.492 e. The first-order valence-corrected chi connectivity index (χ1v) is 7.24. The second-order valence-corrected chi connectivity index (χ2v) is 5.26. The molecule has 1 aromatic heterocycles. The first-order valence-electron chi connectivity index (χ1n) is 7.24. The normalized spacial score (nSPS) is 23.0. The molecule has 0 spiro atoms. The van der Waals surface area contributed by atoms with Crippen LogP contribution in [0.25, 0.3) is 0 Å². The number of carboxylic acids is 1. The Labute approximate surface area is 119 Å². The molecule has 20 heavy (non-hydrogen) atoms. The summed E-state index contributed by atoms with van der Waals surface area (Å²) in [6, 6.07) is 3.39. The summed E-state index contributed by atoms with van der Waals surface area (Å²) in [5, 5.41) is 12.1. The molecule has 0 aromatic carbocycles. The predicted octanol–water partition coefficient (Wildman–Crippen LogP) is 2.08. The van der Waals surface area contributed by atoms with Crippen LogP contribution in [0.1, 0.15) is 32.1 Å². The predicted molar refractivity (Wildman–Crippen MR) is 75.7 cm³/mol. The molecule has 1 fully saturated rings. The highest BCUT2D eigenvalue weighted by Crippen LogP contribution is 2.21. The minimum absolute atomic E-state index is 0.369. The molecule has 5 heteroatoms. The van der Waals surface area contributed by atoms with Crippen LogP contribution in [-0.2, 0) is 4.79 Å². The van der Waals surface area contributed by atoms with Crippen molar-refractivity contribution in [1.29, 1.82) is 0 Å². The van der Waals surface area contributed by atoms with Gasteiger partial charge in [-0.15, -0.1) is 0 Å². The van der Waals surface area contributed by atoms with E-state index in [1.807, 2.05) is 12.1 Å². The molecule has 0 saturated carbocycles. The summed E-state index contributed by atoms with van der Waals surface area (Å²) in [5.74, 6) is 0.677. The van der Waals surface area contributed by atoms with E-state index in [-0.39, 0.29) is 6.04 Å². The van der Waals surface area contributed by atoms with Crippen LogP contribution in [0.3, 0.4) is 0 Å². The molecule has 1 saturated heterocycles. The maximum Gasteiger partial charge on any atom is 0.320 e. The number of aliphatic carboxylic acids is 1. The number of hydrogen-bond donors (Lipinski definition) is 2. The highest BCUT2D eigenvalue weighted by Gasteiger charge is 2.22. The third kappa shape index (κ3) is 4.81. The van der Waals surface area contributed by atoms with Crippen molar-refractivity contribution in [3.05, 3.63) is 24.5 Å². The summed E-state index contributed by atoms with van der Waals surface area (Å²) < 4.78 is 5.62. The third-order valence-electron chi connectivity index (χ3n) is 3.76. The second kappa shape index (κ2) is 7.85. The molecular weight excluding hydrogens is 256 g/mol. The van der Waals surface area contributed by atoms with Crippen LogP contribution < -0.4 is 10.1 Å². The Kier molecular flexibility index (Phi) is 5.80. The average Bonchev–Trinajstić information content (AvgIpc) is 2.70. The Balaban J connectivity index is 1.63. The zero-order chi connectivity index (χ0) is 14.2. The largest absolute Gasteiger partial charge is 0.492 e. The molecule has 2 atom stereocenters. The lowest BCUT2D eigenvalue weighted by Crippen LogP contribution is -2.35. The Morgan fingerprint density at radius 1 is 1.45 bits per heavy atom. The number of hydrogen-bond acceptors (Lipinski definition) is 4. The van der Waals surface area contributed by atoms with E-state index in [1.54, 1.807) is 12.4 Å². The number of carboxylic acid groups (broad SMARTS) is 1. The van der Waals surface area contributed by atoms with Crippen molar-refractivity contribution in [2.24, 2.45) is 5.92 Å². The summed E-state index contributed by atoms with van der Waals surface area (Å²) in [6.45, 7) is 1.49. The number of pyridine rings is 1. The van der Waals surface area contributed by atoms with Gasteiger partial charge in [0.1, 0.15) is 11.8 Å². The monoisotopic (exact) mass is 278 g/mol. The minimum atomic E-state index is -0.731. The van der Waals surface area contributed by atoms with Gasteiger partial charge in [0.25, 0.3) is 0 Å². The van der Waals surface area contributed by atoms with Crippen molar-refractivity contribution in [2.75, 3.05) is 13.2 Å². The van der Waals surface area contributed by atoms with E-state index in [4.69, 9.17) is 9.84 Å². The maximum absolute atomic E-state index is 10.9. The Bertz CT molecular complexity index is 411. The van der Waals surface area contributed by atoms with E-state index >= 15 is 0 Å². The van der Waals surface area contributed by atoms with Gasteiger partial charge in [0.15, 0.2) is 0 Å². The zero-order valence-corrected chi connectivity index (χ0v) is 11.6. The van der Waals surface area contributed by atoms with Gasteiger partial charge < -0.3 is 15.2 Å². The highest BCUT2D eigenvalue weighted by atomic mass is 16.5. The summed E-state index contributed by atoms with van der Waals surface area (Å²) in [4.78, 5) is 14.9. The lowest BCUT2D eigenvalue weighted by atomic mass is 9.94. The van der Waals surface area contributed by atoms with Gasteiger partial charge >= 0.3 is 5.97 Å². The van der Waals surface area contributed by atoms with Crippen LogP contribution in [0.5, 0.6) is 5.75 Å². The van der Waals surface area contributed by atoms with Crippen molar-refractivity contribution < 1.29 is 14.6 Å². The Morgan fingerprint density at radius 3 is 3.10 bits per heavy atom. The Hall–Kier alpha value is -1.62. The smallest absolute Gasteiger partial charge is 0.320 e. The standard InChI is InChI=1S/C15H22N2O3/c18-15(19)14-6-5-12(7-9-17-14)3-2-10-20-13-4-1-8-16-11-13/h1,4,8,11-12,14,17H,2-3,5-7,9-10H2,(H,18,19). The van der Waals surface area contributed by atoms with E-state index in [9.17, 15) is 4.79 Å². The molecule has 2 N–H and O–H groups in total. The van der Waals surface area contributed by atoms with E-state index in [0.717, 1.165) is 44.4 Å². The summed E-state index contributed by atoms with van der Waals surface area (Å²) >= 11 is 0. The molecule has 0 aliphatic carbocycles. The van der Waals surface area contributed by atoms with Crippen LogP contribution >= 0.6 is 0 Å². The lowest BCUT2D eigenvalue weighted by molar-refractivity contribution is -0.139. The number of nitrogens with one attached hydrogen (secondary N) is 1. The molecule has 110 valence electrons. The fourth-order valence-electron chi connectivity index (χ4n) is 2.60. The van der Waals surface area contributed by atoms with E-state index in [2.05, 4.69) is 10.3 Å². The van der Waals surface area contributed by atoms with Crippen LogP contribution in [0.2, 0.25) is 0 Å². The van der Waals surface area contributed by atoms with Gasteiger partial charge in [0, 0.05) is 6.20 Å². The molecule has 5 nitrogen and oxygen atoms in total. The summed E-state index contributed by atoms with van der Waals surface area (Å²) in [5.41, 5.74) is 0. The van der Waals surface area contributed by atoms with Gasteiger partial charge in [-0.3, -0.25) is 9.78 Å². The average molecular weight is 278 g/mol. The summed E-state index contributed by atoms with van der Waals surface area (Å²) in [6.07, 6.45) is 8.29. The first kappa shape index (κ1) is 14.8. The maximum atomic E-state index is 10.9. The topological polar surface area (TPSA) is 71.5 Å². The third-order valence-corrected chi connectivity index (χ3v) is 3.76. The van der Waals surface area contributed by atoms with Gasteiger partial charge in [-0.1, -0.05) is 0 Å². The van der Waals surface area contributed by atoms with Gasteiger partial charge in [0.2, 0.25) is 0 Å². The van der Waals surface area contributed by atoms with E-state index < -0.39 is 5.97 Å². The summed E-state index contributed by atoms with van der Waals surface area (Å²) in [7, 11) is 0. The molecule has 2 heterocycles. The SMILES string of the molecule is O=C(O)C1CCC(CCCOc2cccnc2)CCN1. The molecule has 2 unspecified atom stereocenters. The first-order chi connectivity index (χ1) is 9.75. The van der Waals surface area contributed by atoms with E-state index in [0.29, 0.717) is 12.5 Å². The van der Waals surface area contributed by atoms with E-state index in [1.165, 1.54) is 0 Å². The fourth-order valence-corrected chi connectivity index (χ4v) is 2.60. The van der Waals surface area contributed by atoms with Crippen molar-refractivity contribution in [1.82, 2.24) is 10.3 Å². The molecule has 1 aliphatic heterocycles. The van der Waals surface area contributed by atoms with Crippen LogP contribution in [0.4, 0.5) is 0 Å². The fraction of sp³-hybridized carbons (Fsp3) is 0.600. The van der Waals surface area contributed by atoms with Crippen molar-refractivity contribution in [3.8, 4) is 5.75 Å². The quantitative estimate of drug-likeness (QED) is 0.780. The van der Waals surface area contributed by atoms with Crippen molar-refractivity contribution >= 4 is 5.97 Å². The molecular formula is C15H22N2O3.